The van der Waals surface area contributed by atoms with Crippen LogP contribution in [-0.2, 0) is 23.3 Å². The highest BCUT2D eigenvalue weighted by molar-refractivity contribution is 7.92. The normalized spacial score (nSPS) is 17.0. The van der Waals surface area contributed by atoms with Gasteiger partial charge >= 0.3 is 6.18 Å². The van der Waals surface area contributed by atoms with Gasteiger partial charge in [0.05, 0.1) is 17.0 Å². The fourth-order valence-corrected chi connectivity index (χ4v) is 4.30. The van der Waals surface area contributed by atoms with Crippen LogP contribution in [0.5, 0.6) is 0 Å². The van der Waals surface area contributed by atoms with Gasteiger partial charge in [0.1, 0.15) is 5.65 Å². The molecule has 4 rings (SSSR count). The number of hydrogen-bond acceptors (Lipinski definition) is 3. The first-order chi connectivity index (χ1) is 11.7. The average Bonchev–Trinajstić information content (AvgIpc) is 3.09. The Bertz CT molecular complexity index is 997. The first kappa shape index (κ1) is 16.3. The standard InChI is InChI=1S/C17H14F3N3OS/c1-9-3-4-23-7-13(17(18,19)20)21-16(23)14(9)11-5-10(2)15-12(6-11)8-25(24)22-15/h3-7,22H,8H2,1-2H3. The Morgan fingerprint density at radius 1 is 1.24 bits per heavy atom. The summed E-state index contributed by atoms with van der Waals surface area (Å²) in [5, 5.41) is 0. The molecule has 3 heterocycles. The first-order valence-electron chi connectivity index (χ1n) is 7.58. The molecule has 0 fully saturated rings. The van der Waals surface area contributed by atoms with Crippen LogP contribution in [0.4, 0.5) is 18.9 Å². The maximum absolute atomic E-state index is 13.0. The lowest BCUT2D eigenvalue weighted by Gasteiger charge is -2.11. The molecule has 1 aliphatic rings. The second-order valence-electron chi connectivity index (χ2n) is 6.15. The summed E-state index contributed by atoms with van der Waals surface area (Å²) in [6.45, 7) is 3.73. The van der Waals surface area contributed by atoms with Gasteiger partial charge in [-0.25, -0.2) is 9.71 Å². The number of alkyl halides is 3. The molecule has 0 saturated heterocycles. The van der Waals surface area contributed by atoms with E-state index >= 15 is 0 Å². The Morgan fingerprint density at radius 2 is 2.00 bits per heavy atom. The van der Waals surface area contributed by atoms with Crippen LogP contribution in [0.25, 0.3) is 16.8 Å². The first-order valence-corrected chi connectivity index (χ1v) is 8.90. The van der Waals surface area contributed by atoms with Crippen molar-refractivity contribution in [2.24, 2.45) is 0 Å². The van der Waals surface area contributed by atoms with Gasteiger partial charge in [-0.15, -0.1) is 0 Å². The minimum Gasteiger partial charge on any atom is -0.593 e. The van der Waals surface area contributed by atoms with Crippen LogP contribution in [0, 0.1) is 13.8 Å². The van der Waals surface area contributed by atoms with E-state index in [2.05, 4.69) is 9.71 Å². The van der Waals surface area contributed by atoms with Crippen molar-refractivity contribution in [3.05, 3.63) is 53.0 Å². The highest BCUT2D eigenvalue weighted by Crippen LogP contribution is 2.38. The summed E-state index contributed by atoms with van der Waals surface area (Å²) in [6, 6.07) is 5.53. The molecule has 0 saturated carbocycles. The fraction of sp³-hybridized carbons (Fsp3) is 0.235. The highest BCUT2D eigenvalue weighted by atomic mass is 32.2. The van der Waals surface area contributed by atoms with Crippen molar-refractivity contribution in [3.63, 3.8) is 0 Å². The Kier molecular flexibility index (Phi) is 3.52. The van der Waals surface area contributed by atoms with Gasteiger partial charge in [-0.1, -0.05) is 0 Å². The summed E-state index contributed by atoms with van der Waals surface area (Å²) in [5.41, 5.74) is 4.25. The van der Waals surface area contributed by atoms with Crippen LogP contribution >= 0.6 is 0 Å². The van der Waals surface area contributed by atoms with Crippen LogP contribution in [-0.4, -0.2) is 13.9 Å². The van der Waals surface area contributed by atoms with E-state index in [1.54, 1.807) is 12.3 Å². The maximum Gasteiger partial charge on any atom is 0.434 e. The summed E-state index contributed by atoms with van der Waals surface area (Å²) >= 11 is -1.15. The number of rotatable bonds is 1. The molecular weight excluding hydrogens is 351 g/mol. The third kappa shape index (κ3) is 2.65. The van der Waals surface area contributed by atoms with Gasteiger partial charge in [-0.3, -0.25) is 0 Å². The number of anilines is 1. The molecule has 1 unspecified atom stereocenters. The van der Waals surface area contributed by atoms with E-state index in [4.69, 9.17) is 0 Å². The average molecular weight is 365 g/mol. The van der Waals surface area contributed by atoms with Crippen molar-refractivity contribution in [2.75, 3.05) is 4.72 Å². The van der Waals surface area contributed by atoms with Crippen molar-refractivity contribution < 1.29 is 17.7 Å². The molecule has 4 nitrogen and oxygen atoms in total. The van der Waals surface area contributed by atoms with Crippen molar-refractivity contribution in [2.45, 2.75) is 25.8 Å². The summed E-state index contributed by atoms with van der Waals surface area (Å²) in [6.07, 6.45) is -1.92. The van der Waals surface area contributed by atoms with E-state index < -0.39 is 23.2 Å². The fourth-order valence-electron chi connectivity index (χ4n) is 3.19. The van der Waals surface area contributed by atoms with Gasteiger partial charge in [0, 0.05) is 23.5 Å². The molecule has 1 aliphatic heterocycles. The van der Waals surface area contributed by atoms with E-state index in [-0.39, 0.29) is 5.65 Å². The zero-order chi connectivity index (χ0) is 17.9. The SMILES string of the molecule is Cc1cc(-c2c(C)ccn3cc(C(F)(F)F)nc23)cc2c1N[S+]([O-])C2. The van der Waals surface area contributed by atoms with E-state index in [0.717, 1.165) is 34.1 Å². The van der Waals surface area contributed by atoms with Gasteiger partial charge in [-0.2, -0.15) is 13.2 Å². The lowest BCUT2D eigenvalue weighted by molar-refractivity contribution is -0.140. The number of imidazole rings is 1. The molecular formula is C17H14F3N3OS. The molecule has 1 atom stereocenters. The number of pyridine rings is 1. The van der Waals surface area contributed by atoms with Crippen LogP contribution in [0.2, 0.25) is 0 Å². The third-order valence-electron chi connectivity index (χ3n) is 4.33. The molecule has 8 heteroatoms. The quantitative estimate of drug-likeness (QED) is 0.657. The van der Waals surface area contributed by atoms with Crippen molar-refractivity contribution >= 4 is 22.7 Å². The Labute approximate surface area is 145 Å². The summed E-state index contributed by atoms with van der Waals surface area (Å²) in [4.78, 5) is 3.82. The number of nitrogens with zero attached hydrogens (tertiary/aromatic N) is 2. The number of benzene rings is 1. The van der Waals surface area contributed by atoms with Gasteiger partial charge in [0.25, 0.3) is 0 Å². The maximum atomic E-state index is 13.0. The lowest BCUT2D eigenvalue weighted by atomic mass is 9.97. The van der Waals surface area contributed by atoms with Crippen molar-refractivity contribution in [1.82, 2.24) is 9.38 Å². The number of nitrogens with one attached hydrogen (secondary N) is 1. The molecule has 1 N–H and O–H groups in total. The molecule has 0 bridgehead atoms. The van der Waals surface area contributed by atoms with E-state index in [0.29, 0.717) is 11.3 Å². The predicted octanol–water partition coefficient (Wildman–Crippen LogP) is 4.23. The molecule has 130 valence electrons. The smallest absolute Gasteiger partial charge is 0.434 e. The van der Waals surface area contributed by atoms with Crippen molar-refractivity contribution in [3.8, 4) is 11.1 Å². The second kappa shape index (κ2) is 5.40. The Balaban J connectivity index is 1.95. The molecule has 1 aromatic carbocycles. The van der Waals surface area contributed by atoms with Crippen LogP contribution in [0.3, 0.4) is 0 Å². The van der Waals surface area contributed by atoms with Crippen LogP contribution in [0.15, 0.2) is 30.6 Å². The van der Waals surface area contributed by atoms with E-state index in [9.17, 15) is 17.7 Å². The van der Waals surface area contributed by atoms with Gasteiger partial charge < -0.3 is 8.95 Å². The molecule has 3 aromatic rings. The predicted molar refractivity (Wildman–Crippen MR) is 90.6 cm³/mol. The zero-order valence-corrected chi connectivity index (χ0v) is 14.3. The van der Waals surface area contributed by atoms with Gasteiger partial charge in [0.2, 0.25) is 0 Å². The highest BCUT2D eigenvalue weighted by Gasteiger charge is 2.34. The minimum atomic E-state index is -4.49. The zero-order valence-electron chi connectivity index (χ0n) is 13.4. The molecule has 0 amide bonds. The molecule has 0 radical (unpaired) electrons. The second-order valence-corrected chi connectivity index (χ2v) is 7.33. The third-order valence-corrected chi connectivity index (χ3v) is 5.34. The Morgan fingerprint density at radius 3 is 2.72 bits per heavy atom. The molecule has 0 aliphatic carbocycles. The van der Waals surface area contributed by atoms with Gasteiger partial charge in [-0.05, 0) is 48.7 Å². The van der Waals surface area contributed by atoms with Gasteiger partial charge in [0.15, 0.2) is 11.4 Å². The summed E-state index contributed by atoms with van der Waals surface area (Å²) in [5.74, 6) is 0.383. The lowest BCUT2D eigenvalue weighted by Crippen LogP contribution is -2.05. The number of aryl methyl sites for hydroxylation is 2. The van der Waals surface area contributed by atoms with Crippen LogP contribution in [0.1, 0.15) is 22.4 Å². The Hall–Kier alpha value is -2.19. The topological polar surface area (TPSA) is 52.4 Å². The number of halogens is 3. The number of aromatic nitrogens is 2. The largest absolute Gasteiger partial charge is 0.593 e. The number of fused-ring (bicyclic) bond motifs is 2. The molecule has 0 spiro atoms. The molecule has 2 aromatic heterocycles. The van der Waals surface area contributed by atoms with E-state index in [1.165, 1.54) is 4.40 Å². The monoisotopic (exact) mass is 365 g/mol. The summed E-state index contributed by atoms with van der Waals surface area (Å²) in [7, 11) is 0. The minimum absolute atomic E-state index is 0.263. The number of hydrogen-bond donors (Lipinski definition) is 1. The van der Waals surface area contributed by atoms with Crippen molar-refractivity contribution in [1.29, 1.82) is 0 Å². The van der Waals surface area contributed by atoms with Crippen LogP contribution < -0.4 is 4.72 Å². The molecule has 25 heavy (non-hydrogen) atoms. The summed E-state index contributed by atoms with van der Waals surface area (Å²) < 4.78 is 55.2. The van der Waals surface area contributed by atoms with E-state index in [1.807, 2.05) is 26.0 Å².